The van der Waals surface area contributed by atoms with Crippen LogP contribution in [0.15, 0.2) is 30.3 Å². The predicted octanol–water partition coefficient (Wildman–Crippen LogP) is 3.80. The standard InChI is InChI=1S/C18H27NO/c1-3-17-12-8-5-9-13-19(17)14-18(2,15-20)16-10-6-4-7-11-16/h4,6-7,10-11,15,17H,3,5,8-9,12-14H2,1-2H3. The Hall–Kier alpha value is -1.15. The molecule has 1 heterocycles. The summed E-state index contributed by atoms with van der Waals surface area (Å²) in [7, 11) is 0. The zero-order valence-electron chi connectivity index (χ0n) is 12.8. The second-order valence-electron chi connectivity index (χ2n) is 6.28. The smallest absolute Gasteiger partial charge is 0.131 e. The largest absolute Gasteiger partial charge is 0.302 e. The number of nitrogens with zero attached hydrogens (tertiary/aromatic N) is 1. The van der Waals surface area contributed by atoms with Crippen molar-refractivity contribution in [2.45, 2.75) is 57.4 Å². The van der Waals surface area contributed by atoms with E-state index < -0.39 is 0 Å². The number of likely N-dealkylation sites (tertiary alicyclic amines) is 1. The topological polar surface area (TPSA) is 20.3 Å². The van der Waals surface area contributed by atoms with Crippen molar-refractivity contribution < 1.29 is 4.79 Å². The molecular formula is C18H27NO. The lowest BCUT2D eigenvalue weighted by Crippen LogP contribution is -2.45. The van der Waals surface area contributed by atoms with Crippen molar-refractivity contribution in [3.63, 3.8) is 0 Å². The molecular weight excluding hydrogens is 246 g/mol. The van der Waals surface area contributed by atoms with Gasteiger partial charge in [-0.1, -0.05) is 50.1 Å². The van der Waals surface area contributed by atoms with Gasteiger partial charge in [0.25, 0.3) is 0 Å². The van der Waals surface area contributed by atoms with Crippen LogP contribution in [0.1, 0.15) is 51.5 Å². The van der Waals surface area contributed by atoms with Crippen molar-refractivity contribution in [3.8, 4) is 0 Å². The van der Waals surface area contributed by atoms with Gasteiger partial charge < -0.3 is 4.79 Å². The highest BCUT2D eigenvalue weighted by Crippen LogP contribution is 2.27. The summed E-state index contributed by atoms with van der Waals surface area (Å²) in [6.07, 6.45) is 7.53. The zero-order chi connectivity index (χ0) is 14.4. The summed E-state index contributed by atoms with van der Waals surface area (Å²) in [6.45, 7) is 6.32. The van der Waals surface area contributed by atoms with Gasteiger partial charge in [0, 0.05) is 12.6 Å². The molecule has 2 unspecified atom stereocenters. The molecule has 0 spiro atoms. The van der Waals surface area contributed by atoms with E-state index in [2.05, 4.69) is 30.9 Å². The molecule has 0 aliphatic carbocycles. The minimum absolute atomic E-state index is 0.390. The van der Waals surface area contributed by atoms with E-state index in [0.29, 0.717) is 6.04 Å². The van der Waals surface area contributed by atoms with E-state index in [-0.39, 0.29) is 5.41 Å². The van der Waals surface area contributed by atoms with E-state index in [1.54, 1.807) is 0 Å². The van der Waals surface area contributed by atoms with E-state index >= 15 is 0 Å². The highest BCUT2D eigenvalue weighted by Gasteiger charge is 2.31. The van der Waals surface area contributed by atoms with Crippen LogP contribution in [-0.2, 0) is 10.2 Å². The zero-order valence-corrected chi connectivity index (χ0v) is 12.8. The lowest BCUT2D eigenvalue weighted by Gasteiger charge is -2.36. The minimum Gasteiger partial charge on any atom is -0.302 e. The average Bonchev–Trinajstić information content (AvgIpc) is 2.73. The van der Waals surface area contributed by atoms with Crippen LogP contribution < -0.4 is 0 Å². The average molecular weight is 273 g/mol. The number of carbonyl (C=O) groups is 1. The molecule has 0 radical (unpaired) electrons. The number of rotatable bonds is 5. The molecule has 1 aliphatic rings. The Morgan fingerprint density at radius 3 is 2.65 bits per heavy atom. The second kappa shape index (κ2) is 7.03. The van der Waals surface area contributed by atoms with Gasteiger partial charge in [0.1, 0.15) is 6.29 Å². The molecule has 110 valence electrons. The van der Waals surface area contributed by atoms with Crippen molar-refractivity contribution in [2.24, 2.45) is 0 Å². The van der Waals surface area contributed by atoms with E-state index in [4.69, 9.17) is 0 Å². The van der Waals surface area contributed by atoms with Crippen LogP contribution in [-0.4, -0.2) is 30.3 Å². The number of carbonyl (C=O) groups excluding carboxylic acids is 1. The molecule has 0 bridgehead atoms. The van der Waals surface area contributed by atoms with E-state index in [1.807, 2.05) is 18.2 Å². The first-order valence-corrected chi connectivity index (χ1v) is 7.95. The molecule has 1 aromatic carbocycles. The van der Waals surface area contributed by atoms with Gasteiger partial charge >= 0.3 is 0 Å². The van der Waals surface area contributed by atoms with Crippen molar-refractivity contribution in [3.05, 3.63) is 35.9 Å². The van der Waals surface area contributed by atoms with Crippen molar-refractivity contribution in [1.29, 1.82) is 0 Å². The molecule has 1 aliphatic heterocycles. The summed E-state index contributed by atoms with van der Waals surface area (Å²) < 4.78 is 0. The Kier molecular flexibility index (Phi) is 5.36. The van der Waals surface area contributed by atoms with E-state index in [9.17, 15) is 4.79 Å². The molecule has 0 aromatic heterocycles. The van der Waals surface area contributed by atoms with Crippen LogP contribution in [0.3, 0.4) is 0 Å². The monoisotopic (exact) mass is 273 g/mol. The Labute approximate surface area is 123 Å². The quantitative estimate of drug-likeness (QED) is 0.761. The minimum atomic E-state index is -0.390. The maximum absolute atomic E-state index is 11.8. The fourth-order valence-electron chi connectivity index (χ4n) is 3.34. The Morgan fingerprint density at radius 2 is 2.00 bits per heavy atom. The van der Waals surface area contributed by atoms with Gasteiger partial charge in [0.05, 0.1) is 5.41 Å². The van der Waals surface area contributed by atoms with E-state index in [0.717, 1.165) is 24.9 Å². The highest BCUT2D eigenvalue weighted by atomic mass is 16.1. The first-order chi connectivity index (χ1) is 9.69. The number of hydrogen-bond acceptors (Lipinski definition) is 2. The molecule has 2 rings (SSSR count). The summed E-state index contributed by atoms with van der Waals surface area (Å²) in [4.78, 5) is 14.3. The molecule has 20 heavy (non-hydrogen) atoms. The summed E-state index contributed by atoms with van der Waals surface area (Å²) in [5.74, 6) is 0. The lowest BCUT2D eigenvalue weighted by molar-refractivity contribution is -0.113. The predicted molar refractivity (Wildman–Crippen MR) is 84.0 cm³/mol. The summed E-state index contributed by atoms with van der Waals surface area (Å²) in [5.41, 5.74) is 0.744. The fourth-order valence-corrected chi connectivity index (χ4v) is 3.34. The van der Waals surface area contributed by atoms with E-state index in [1.165, 1.54) is 32.1 Å². The van der Waals surface area contributed by atoms with Gasteiger partial charge in [-0.15, -0.1) is 0 Å². The molecule has 1 aromatic rings. The molecule has 0 saturated carbocycles. The van der Waals surface area contributed by atoms with Crippen LogP contribution in [0.4, 0.5) is 0 Å². The Bertz CT molecular complexity index is 417. The summed E-state index contributed by atoms with van der Waals surface area (Å²) >= 11 is 0. The molecule has 1 saturated heterocycles. The maximum Gasteiger partial charge on any atom is 0.131 e. The van der Waals surface area contributed by atoms with Crippen LogP contribution in [0.25, 0.3) is 0 Å². The summed E-state index contributed by atoms with van der Waals surface area (Å²) in [5, 5.41) is 0. The van der Waals surface area contributed by atoms with Gasteiger partial charge in [-0.3, -0.25) is 4.90 Å². The summed E-state index contributed by atoms with van der Waals surface area (Å²) in [6, 6.07) is 10.9. The first kappa shape index (κ1) is 15.2. The van der Waals surface area contributed by atoms with Gasteiger partial charge in [0.15, 0.2) is 0 Å². The fraction of sp³-hybridized carbons (Fsp3) is 0.611. The third-order valence-corrected chi connectivity index (χ3v) is 4.70. The second-order valence-corrected chi connectivity index (χ2v) is 6.28. The first-order valence-electron chi connectivity index (χ1n) is 7.95. The Balaban J connectivity index is 2.17. The Morgan fingerprint density at radius 1 is 1.25 bits per heavy atom. The highest BCUT2D eigenvalue weighted by molar-refractivity contribution is 5.68. The third kappa shape index (κ3) is 3.49. The number of aldehydes is 1. The SMILES string of the molecule is CCC1CCCCCN1CC(C)(C=O)c1ccccc1. The van der Waals surface area contributed by atoms with Crippen LogP contribution in [0, 0.1) is 0 Å². The number of benzene rings is 1. The van der Waals surface area contributed by atoms with Gasteiger partial charge in [-0.05, 0) is 38.3 Å². The third-order valence-electron chi connectivity index (χ3n) is 4.70. The lowest BCUT2D eigenvalue weighted by atomic mass is 9.83. The van der Waals surface area contributed by atoms with Crippen LogP contribution in [0.5, 0.6) is 0 Å². The van der Waals surface area contributed by atoms with Crippen molar-refractivity contribution in [2.75, 3.05) is 13.1 Å². The van der Waals surface area contributed by atoms with Gasteiger partial charge in [0.2, 0.25) is 0 Å². The number of hydrogen-bond donors (Lipinski definition) is 0. The molecule has 2 heteroatoms. The van der Waals surface area contributed by atoms with Gasteiger partial charge in [-0.25, -0.2) is 0 Å². The van der Waals surface area contributed by atoms with Crippen molar-refractivity contribution in [1.82, 2.24) is 4.90 Å². The molecule has 0 N–H and O–H groups in total. The molecule has 2 atom stereocenters. The molecule has 2 nitrogen and oxygen atoms in total. The van der Waals surface area contributed by atoms with Crippen LogP contribution in [0.2, 0.25) is 0 Å². The molecule has 1 fully saturated rings. The van der Waals surface area contributed by atoms with Gasteiger partial charge in [-0.2, -0.15) is 0 Å². The van der Waals surface area contributed by atoms with Crippen molar-refractivity contribution >= 4 is 6.29 Å². The molecule has 0 amide bonds. The normalized spacial score (nSPS) is 23.8. The van der Waals surface area contributed by atoms with Crippen LogP contribution >= 0.6 is 0 Å². The maximum atomic E-state index is 11.8.